The molecule has 126 valence electrons. The van der Waals surface area contributed by atoms with Crippen LogP contribution < -0.4 is 5.32 Å². The van der Waals surface area contributed by atoms with Gasteiger partial charge < -0.3 is 10.2 Å². The number of carbonyl (C=O) groups is 1. The number of aryl methyl sites for hydroxylation is 1. The van der Waals surface area contributed by atoms with Crippen molar-refractivity contribution in [1.29, 1.82) is 0 Å². The van der Waals surface area contributed by atoms with Gasteiger partial charge in [-0.05, 0) is 32.6 Å². The summed E-state index contributed by atoms with van der Waals surface area (Å²) in [6.45, 7) is 5.50. The van der Waals surface area contributed by atoms with Crippen LogP contribution in [0.5, 0.6) is 0 Å². The van der Waals surface area contributed by atoms with E-state index in [-0.39, 0.29) is 12.0 Å². The summed E-state index contributed by atoms with van der Waals surface area (Å²) in [6.07, 6.45) is 6.28. The summed E-state index contributed by atoms with van der Waals surface area (Å²) in [4.78, 5) is 23.3. The van der Waals surface area contributed by atoms with Crippen molar-refractivity contribution in [2.45, 2.75) is 58.4 Å². The van der Waals surface area contributed by atoms with Crippen molar-refractivity contribution >= 4 is 23.3 Å². The number of halogens is 1. The van der Waals surface area contributed by atoms with Gasteiger partial charge in [0.05, 0.1) is 0 Å². The summed E-state index contributed by atoms with van der Waals surface area (Å²) >= 11 is 6.23. The molecule has 1 N–H and O–H groups in total. The lowest BCUT2D eigenvalue weighted by Gasteiger charge is -2.21. The lowest BCUT2D eigenvalue weighted by molar-refractivity contribution is -0.134. The van der Waals surface area contributed by atoms with Gasteiger partial charge in [0.25, 0.3) is 0 Å². The van der Waals surface area contributed by atoms with Crippen molar-refractivity contribution in [2.75, 3.05) is 18.4 Å². The maximum atomic E-state index is 12.5. The number of carbonyl (C=O) groups excluding carboxylic acids is 1. The molecule has 3 rings (SSSR count). The van der Waals surface area contributed by atoms with Crippen LogP contribution in [-0.4, -0.2) is 39.9 Å². The van der Waals surface area contributed by atoms with Crippen molar-refractivity contribution in [1.82, 2.24) is 14.9 Å². The van der Waals surface area contributed by atoms with Crippen molar-refractivity contribution in [2.24, 2.45) is 5.92 Å². The maximum absolute atomic E-state index is 12.5. The monoisotopic (exact) mass is 336 g/mol. The summed E-state index contributed by atoms with van der Waals surface area (Å²) in [5, 5.41) is 4.02. The third kappa shape index (κ3) is 3.60. The highest BCUT2D eigenvalue weighted by Gasteiger charge is 2.32. The predicted molar refractivity (Wildman–Crippen MR) is 91.7 cm³/mol. The van der Waals surface area contributed by atoms with Gasteiger partial charge in [0.2, 0.25) is 5.91 Å². The first kappa shape index (κ1) is 16.5. The highest BCUT2D eigenvalue weighted by atomic mass is 35.5. The molecule has 1 atom stereocenters. The molecule has 0 spiro atoms. The average Bonchev–Trinajstić information content (AvgIpc) is 3.17. The number of rotatable bonds is 4. The molecule has 1 saturated carbocycles. The minimum Gasteiger partial charge on any atom is -0.365 e. The number of likely N-dealkylation sites (tertiary alicyclic amines) is 1. The summed E-state index contributed by atoms with van der Waals surface area (Å²) < 4.78 is 0. The van der Waals surface area contributed by atoms with E-state index in [9.17, 15) is 4.79 Å². The first-order valence-corrected chi connectivity index (χ1v) is 9.04. The first-order chi connectivity index (χ1) is 11.1. The molecule has 5 nitrogen and oxygen atoms in total. The SMILES string of the molecule is CCc1c(Cl)nc(C)nc1NC1CCN(C(=O)C2CCCC2)C1. The van der Waals surface area contributed by atoms with E-state index in [2.05, 4.69) is 22.2 Å². The Bertz CT molecular complexity index is 586. The van der Waals surface area contributed by atoms with Crippen LogP contribution in [0.15, 0.2) is 0 Å². The highest BCUT2D eigenvalue weighted by molar-refractivity contribution is 6.30. The third-order valence-electron chi connectivity index (χ3n) is 4.97. The lowest BCUT2D eigenvalue weighted by atomic mass is 10.1. The zero-order valence-corrected chi connectivity index (χ0v) is 14.7. The van der Waals surface area contributed by atoms with E-state index in [0.717, 1.165) is 50.2 Å². The molecule has 2 aliphatic rings. The van der Waals surface area contributed by atoms with Crippen LogP contribution in [0.4, 0.5) is 5.82 Å². The maximum Gasteiger partial charge on any atom is 0.225 e. The van der Waals surface area contributed by atoms with Gasteiger partial charge in [0.15, 0.2) is 0 Å². The molecule has 0 radical (unpaired) electrons. The van der Waals surface area contributed by atoms with Crippen LogP contribution in [0.2, 0.25) is 5.15 Å². The van der Waals surface area contributed by atoms with E-state index >= 15 is 0 Å². The van der Waals surface area contributed by atoms with E-state index < -0.39 is 0 Å². The Morgan fingerprint density at radius 1 is 1.30 bits per heavy atom. The molecule has 23 heavy (non-hydrogen) atoms. The van der Waals surface area contributed by atoms with Crippen molar-refractivity contribution in [3.8, 4) is 0 Å². The Kier molecular flexibility index (Phi) is 5.05. The van der Waals surface area contributed by atoms with Crippen LogP contribution >= 0.6 is 11.6 Å². The van der Waals surface area contributed by atoms with Crippen LogP contribution in [0.3, 0.4) is 0 Å². The van der Waals surface area contributed by atoms with Gasteiger partial charge in [0.1, 0.15) is 16.8 Å². The van der Waals surface area contributed by atoms with E-state index in [0.29, 0.717) is 16.9 Å². The van der Waals surface area contributed by atoms with Crippen LogP contribution in [0.25, 0.3) is 0 Å². The third-order valence-corrected chi connectivity index (χ3v) is 5.28. The van der Waals surface area contributed by atoms with E-state index in [1.54, 1.807) is 0 Å². The molecular weight excluding hydrogens is 312 g/mol. The zero-order valence-electron chi connectivity index (χ0n) is 13.9. The van der Waals surface area contributed by atoms with Crippen LogP contribution in [0, 0.1) is 12.8 Å². The molecule has 1 saturated heterocycles. The number of hydrogen-bond donors (Lipinski definition) is 1. The zero-order chi connectivity index (χ0) is 16.4. The van der Waals surface area contributed by atoms with E-state index in [1.165, 1.54) is 12.8 Å². The van der Waals surface area contributed by atoms with Gasteiger partial charge in [0, 0.05) is 30.6 Å². The molecule has 1 aliphatic heterocycles. The molecule has 6 heteroatoms. The molecule has 1 aromatic heterocycles. The number of nitrogens with one attached hydrogen (secondary N) is 1. The molecule has 0 aromatic carbocycles. The largest absolute Gasteiger partial charge is 0.365 e. The van der Waals surface area contributed by atoms with Crippen LogP contribution in [-0.2, 0) is 11.2 Å². The van der Waals surface area contributed by atoms with E-state index in [1.807, 2.05) is 11.8 Å². The topological polar surface area (TPSA) is 58.1 Å². The second kappa shape index (κ2) is 7.04. The molecule has 2 fully saturated rings. The fraction of sp³-hybridized carbons (Fsp3) is 0.706. The number of aromatic nitrogens is 2. The molecule has 1 unspecified atom stereocenters. The van der Waals surface area contributed by atoms with Crippen LogP contribution in [0.1, 0.15) is 50.4 Å². The molecule has 0 bridgehead atoms. The summed E-state index contributed by atoms with van der Waals surface area (Å²) in [5.74, 6) is 2.10. The molecular formula is C17H25ClN4O. The molecule has 1 aromatic rings. The second-order valence-electron chi connectivity index (χ2n) is 6.64. The second-order valence-corrected chi connectivity index (χ2v) is 7.00. The van der Waals surface area contributed by atoms with Gasteiger partial charge in [-0.2, -0.15) is 0 Å². The number of hydrogen-bond acceptors (Lipinski definition) is 4. The molecule has 2 heterocycles. The summed E-state index contributed by atoms with van der Waals surface area (Å²) in [7, 11) is 0. The minimum atomic E-state index is 0.246. The standard InChI is InChI=1S/C17H25ClN4O/c1-3-14-15(18)19-11(2)20-16(14)21-13-8-9-22(10-13)17(23)12-6-4-5-7-12/h12-13H,3-10H2,1-2H3,(H,19,20,21). The Labute approximate surface area is 142 Å². The van der Waals surface area contributed by atoms with Gasteiger partial charge in [-0.3, -0.25) is 4.79 Å². The van der Waals surface area contributed by atoms with Crippen molar-refractivity contribution < 1.29 is 4.79 Å². The smallest absolute Gasteiger partial charge is 0.225 e. The van der Waals surface area contributed by atoms with Gasteiger partial charge in [-0.25, -0.2) is 9.97 Å². The number of anilines is 1. The van der Waals surface area contributed by atoms with Gasteiger partial charge in [-0.15, -0.1) is 0 Å². The predicted octanol–water partition coefficient (Wildman–Crippen LogP) is 3.20. The molecule has 1 aliphatic carbocycles. The Balaban J connectivity index is 1.65. The summed E-state index contributed by atoms with van der Waals surface area (Å²) in [6, 6.07) is 0.246. The molecule has 1 amide bonds. The Morgan fingerprint density at radius 2 is 2.04 bits per heavy atom. The fourth-order valence-corrected chi connectivity index (χ4v) is 4.04. The first-order valence-electron chi connectivity index (χ1n) is 8.66. The lowest BCUT2D eigenvalue weighted by Crippen LogP contribution is -2.35. The summed E-state index contributed by atoms with van der Waals surface area (Å²) in [5.41, 5.74) is 0.956. The highest BCUT2D eigenvalue weighted by Crippen LogP contribution is 2.29. The number of amides is 1. The van der Waals surface area contributed by atoms with Gasteiger partial charge >= 0.3 is 0 Å². The fourth-order valence-electron chi connectivity index (χ4n) is 3.70. The quantitative estimate of drug-likeness (QED) is 0.858. The van der Waals surface area contributed by atoms with Gasteiger partial charge in [-0.1, -0.05) is 31.4 Å². The minimum absolute atomic E-state index is 0.246. The average molecular weight is 337 g/mol. The Morgan fingerprint density at radius 3 is 2.74 bits per heavy atom. The normalized spacial score (nSPS) is 21.9. The van der Waals surface area contributed by atoms with Crippen molar-refractivity contribution in [3.63, 3.8) is 0 Å². The number of nitrogens with zero attached hydrogens (tertiary/aromatic N) is 3. The van der Waals surface area contributed by atoms with E-state index in [4.69, 9.17) is 11.6 Å². The van der Waals surface area contributed by atoms with Crippen molar-refractivity contribution in [3.05, 3.63) is 16.5 Å². The Hall–Kier alpha value is -1.36.